The van der Waals surface area contributed by atoms with E-state index in [2.05, 4.69) is 9.44 Å². The fraction of sp³-hybridized carbons (Fsp3) is 0.769. The molecule has 8 rings (SSSR count). The molecular weight excluding hydrogens is 1790 g/mol. The maximum atomic E-state index is 14.4. The van der Waals surface area contributed by atoms with E-state index in [0.717, 1.165) is 12.8 Å². The SMILES string of the molecule is CCS(=O)(=O)N[C@@H]1C[C@@H]2CC[C@@H](C)[C@@](O)(O2)C(=O)C(=O)N2CCCC[C@H]2C(=O)O[C@H]([C@H](C)C[C@@H]2CC[C@@H](O)[C@H](OC)C2)CC[C@H](C)/C=C(\C)[C@@H](O)[C@@H](OC)C(=O)[C@H](C)C[C@H](C)/C=C/C=CC=C1C.CCS(=O)(=O)N[C@H]1C[C@@H]2CC[C@@H](C)[C@@](O)(O2)C(=O)C(=O)N2CCCC[C@H]2C(=O)O[C@H]([C@H](C)C[C@@H]2CC[C@@H](O)[C@H](OC)C2)CC[C@H](C)/C=C(\C)[C@@H](O)[C@@H](OC)C(=O)[C@H](C)C[C@H](C)/C=C/C=CC=C1C. The number of nitrogens with one attached hydrogen (secondary N) is 2. The minimum absolute atomic E-state index is 0.00868. The number of hydrogen-bond acceptors (Lipinski definition) is 26. The average Bonchev–Trinajstić information content (AvgIpc) is 0.773. The van der Waals surface area contributed by atoms with E-state index in [4.69, 9.17) is 37.9 Å². The van der Waals surface area contributed by atoms with Crippen LogP contribution in [-0.2, 0) is 96.3 Å². The van der Waals surface area contributed by atoms with E-state index >= 15 is 0 Å². The predicted octanol–water partition coefficient (Wildman–Crippen LogP) is 12.6. The number of fused-ring (bicyclic) bond motifs is 6. The van der Waals surface area contributed by atoms with Crippen molar-refractivity contribution < 1.29 is 124 Å². The van der Waals surface area contributed by atoms with Crippen LogP contribution in [-0.4, -0.2) is 266 Å². The van der Waals surface area contributed by atoms with Crippen LogP contribution < -0.4 is 9.44 Å². The van der Waals surface area contributed by atoms with Crippen LogP contribution in [0, 0.1) is 71.0 Å². The van der Waals surface area contributed by atoms with Gasteiger partial charge in [-0.15, -0.1) is 0 Å². The highest BCUT2D eigenvalue weighted by Gasteiger charge is 2.56. The molecule has 6 fully saturated rings. The summed E-state index contributed by atoms with van der Waals surface area (Å²) in [4.78, 5) is 116. The van der Waals surface area contributed by atoms with Crippen molar-refractivity contribution in [3.8, 4) is 0 Å². The predicted molar refractivity (Wildman–Crippen MR) is 521 cm³/mol. The van der Waals surface area contributed by atoms with Gasteiger partial charge in [-0.25, -0.2) is 35.9 Å². The molecule has 0 spiro atoms. The van der Waals surface area contributed by atoms with Crippen molar-refractivity contribution >= 4 is 66.9 Å². The van der Waals surface area contributed by atoms with Crippen LogP contribution in [0.5, 0.6) is 0 Å². The van der Waals surface area contributed by atoms with Gasteiger partial charge in [0.25, 0.3) is 23.4 Å². The Morgan fingerprint density at radius 1 is 0.434 bits per heavy atom. The summed E-state index contributed by atoms with van der Waals surface area (Å²) in [5.41, 5.74) is 2.47. The normalized spacial score (nSPS) is 38.1. The van der Waals surface area contributed by atoms with Gasteiger partial charge in [0, 0.05) is 77.3 Å². The molecule has 30 atom stereocenters. The highest BCUT2D eigenvalue weighted by atomic mass is 32.2. The molecule has 0 aromatic rings. The van der Waals surface area contributed by atoms with Gasteiger partial charge in [-0.1, -0.05) is 153 Å². The van der Waals surface area contributed by atoms with Crippen LogP contribution in [0.3, 0.4) is 0 Å². The summed E-state index contributed by atoms with van der Waals surface area (Å²) in [6, 6.07) is -3.70. The smallest absolute Gasteiger partial charge is 0.329 e. The maximum absolute atomic E-state index is 14.4. The first-order valence-electron chi connectivity index (χ1n) is 50.3. The van der Waals surface area contributed by atoms with Gasteiger partial charge < -0.3 is 78.3 Å². The van der Waals surface area contributed by atoms with Crippen molar-refractivity contribution in [1.29, 1.82) is 0 Å². The number of piperidine rings is 2. The first kappa shape index (κ1) is 117. The number of ether oxygens (including phenoxy) is 8. The Morgan fingerprint density at radius 3 is 1.13 bits per heavy atom. The molecule has 2 aliphatic carbocycles. The number of ketones is 4. The topological polar surface area (TPSA) is 431 Å². The molecule has 0 aromatic heterocycles. The Hall–Kier alpha value is -6.18. The molecule has 8 N–H and O–H groups in total. The van der Waals surface area contributed by atoms with Crippen molar-refractivity contribution in [2.75, 3.05) is 53.0 Å². The van der Waals surface area contributed by atoms with Crippen LogP contribution in [0.2, 0.25) is 0 Å². The molecule has 6 heterocycles. The number of carbonyl (C=O) groups excluding carboxylic acids is 8. The number of rotatable bonds is 16. The van der Waals surface area contributed by atoms with Gasteiger partial charge in [-0.05, 0) is 267 Å². The van der Waals surface area contributed by atoms with Crippen molar-refractivity contribution in [2.24, 2.45) is 71.0 Å². The van der Waals surface area contributed by atoms with E-state index in [-0.39, 0.29) is 121 Å². The van der Waals surface area contributed by atoms with Crippen molar-refractivity contribution in [3.63, 3.8) is 0 Å². The van der Waals surface area contributed by atoms with Gasteiger partial charge in [0.15, 0.2) is 11.6 Å². The largest absolute Gasteiger partial charge is 0.461 e. The number of allylic oxidation sites excluding steroid dienone is 12. The third kappa shape index (κ3) is 33.5. The number of cyclic esters (lactones) is 2. The number of amides is 2. The van der Waals surface area contributed by atoms with Gasteiger partial charge in [0.1, 0.15) is 48.7 Å². The van der Waals surface area contributed by atoms with Crippen LogP contribution in [0.15, 0.2) is 95.2 Å². The van der Waals surface area contributed by atoms with E-state index in [1.165, 1.54) is 37.9 Å². The van der Waals surface area contributed by atoms with Crippen molar-refractivity contribution in [3.05, 3.63) is 95.2 Å². The summed E-state index contributed by atoms with van der Waals surface area (Å²) in [7, 11) is -1.40. The number of Topliss-reactive ketones (excluding diaryl/α,β-unsaturated/α-hetero) is 4. The number of esters is 2. The van der Waals surface area contributed by atoms with E-state index in [0.29, 0.717) is 151 Å². The summed E-state index contributed by atoms with van der Waals surface area (Å²) in [5.74, 6) is -14.0. The highest BCUT2D eigenvalue weighted by molar-refractivity contribution is 7.89. The highest BCUT2D eigenvalue weighted by Crippen LogP contribution is 2.42. The van der Waals surface area contributed by atoms with E-state index in [1.54, 1.807) is 92.2 Å². The van der Waals surface area contributed by atoms with Gasteiger partial charge in [0.2, 0.25) is 31.6 Å². The Bertz CT molecular complexity index is 4140. The van der Waals surface area contributed by atoms with E-state index in [9.17, 15) is 85.8 Å². The molecular formula is C104H168N4O26S2. The van der Waals surface area contributed by atoms with Crippen LogP contribution in [0.1, 0.15) is 278 Å². The van der Waals surface area contributed by atoms with Crippen molar-refractivity contribution in [1.82, 2.24) is 19.2 Å². The minimum atomic E-state index is -3.71. The standard InChI is InChI=1S/2C52H84N2O13S/c2*1-11-68(62,63)53-41-31-40-23-21-38(8)52(61,67-40)49(58)50(59)54-26-16-15-19-42(54)51(60)66-44(35(5)29-39-22-24-43(55)45(30-39)64-9)25-20-33(3)28-37(7)47(57)48(65-10)46(56)36(6)27-32(2)17-13-12-14-18-34(41)4/h2*12-14,17-18,28,32-33,35-36,38-45,47-48,53,55,57,61H,11,15-16,19-27,29-31H2,1-10H3/b2*14-12?,17-13+,34-18?,37-28+/t32-,33+,35-,36-,38-,39+,40+,41+,42+,43-,44+,45-,47-,48+,52-;32-,33+,35-,36-,38-,39+,40+,41-,42+,43-,44+,45-,47-,48+,52-/m11/s1. The number of hydrogen-bond donors (Lipinski definition) is 8. The first-order chi connectivity index (χ1) is 64.1. The van der Waals surface area contributed by atoms with Gasteiger partial charge in [-0.3, -0.25) is 28.8 Å². The third-order valence-electron chi connectivity index (χ3n) is 30.0. The zero-order valence-corrected chi connectivity index (χ0v) is 86.5. The molecule has 30 nitrogen and oxygen atoms in total. The summed E-state index contributed by atoms with van der Waals surface area (Å²) < 4.78 is 105. The number of aliphatic hydroxyl groups is 6. The lowest BCUT2D eigenvalue weighted by atomic mass is 9.78. The van der Waals surface area contributed by atoms with Crippen LogP contribution >= 0.6 is 0 Å². The van der Waals surface area contributed by atoms with Gasteiger partial charge in [0.05, 0.1) is 48.1 Å². The molecule has 772 valence electrons. The molecule has 2 saturated carbocycles. The molecule has 4 saturated heterocycles. The number of nitrogens with zero attached hydrogens (tertiary/aromatic N) is 2. The summed E-state index contributed by atoms with van der Waals surface area (Å²) >= 11 is 0. The van der Waals surface area contributed by atoms with E-state index in [1.807, 2.05) is 91.8 Å². The second kappa shape index (κ2) is 54.9. The second-order valence-corrected chi connectivity index (χ2v) is 45.2. The number of methoxy groups -OCH3 is 4. The lowest BCUT2D eigenvalue weighted by molar-refractivity contribution is -0.264. The maximum Gasteiger partial charge on any atom is 0.329 e. The van der Waals surface area contributed by atoms with Gasteiger partial charge in [-0.2, -0.15) is 0 Å². The Kier molecular flexibility index (Phi) is 47.1. The molecule has 136 heavy (non-hydrogen) atoms. The zero-order chi connectivity index (χ0) is 101. The molecule has 8 aliphatic rings. The quantitative estimate of drug-likeness (QED) is 0.0404. The first-order valence-corrected chi connectivity index (χ1v) is 53.6. The summed E-state index contributed by atoms with van der Waals surface area (Å²) in [6.45, 7) is 29.3. The number of sulfonamides is 2. The number of aliphatic hydroxyl groups excluding tert-OH is 4. The third-order valence-corrected chi connectivity index (χ3v) is 32.8. The zero-order valence-electron chi connectivity index (χ0n) is 84.9. The van der Waals surface area contributed by atoms with Crippen LogP contribution in [0.25, 0.3) is 0 Å². The summed E-state index contributed by atoms with van der Waals surface area (Å²) in [5, 5.41) is 68.1. The molecule has 4 bridgehead atoms. The monoisotopic (exact) mass is 1950 g/mol. The molecule has 6 aliphatic heterocycles. The second-order valence-electron chi connectivity index (χ2n) is 41.1. The lowest BCUT2D eigenvalue weighted by Gasteiger charge is -2.43. The molecule has 0 aromatic carbocycles. The Morgan fingerprint density at radius 2 is 0.794 bits per heavy atom. The van der Waals surface area contributed by atoms with Crippen LogP contribution in [0.4, 0.5) is 0 Å². The van der Waals surface area contributed by atoms with Crippen molar-refractivity contribution in [2.45, 2.75) is 387 Å². The molecule has 0 unspecified atom stereocenters. The molecule has 2 amide bonds. The molecule has 0 radical (unpaired) electrons. The lowest BCUT2D eigenvalue weighted by Crippen LogP contribution is -2.61. The van der Waals surface area contributed by atoms with E-state index < -0.39 is 176 Å². The van der Waals surface area contributed by atoms with Gasteiger partial charge >= 0.3 is 11.9 Å². The number of carbonyl (C=O) groups is 8. The molecule has 32 heteroatoms. The average molecular weight is 1950 g/mol. The Balaban J connectivity index is 0.000000371. The Labute approximate surface area is 811 Å². The minimum Gasteiger partial charge on any atom is -0.461 e. The fourth-order valence-corrected chi connectivity index (χ4v) is 22.8. The fourth-order valence-electron chi connectivity index (χ4n) is 21.0. The summed E-state index contributed by atoms with van der Waals surface area (Å²) in [6.07, 6.45) is 26.0.